The van der Waals surface area contributed by atoms with Crippen LogP contribution in [0.4, 0.5) is 13.2 Å². The summed E-state index contributed by atoms with van der Waals surface area (Å²) in [4.78, 5) is 13.6. The molecule has 116 valence electrons. The highest BCUT2D eigenvalue weighted by Crippen LogP contribution is 2.37. The van der Waals surface area contributed by atoms with Crippen LogP contribution in [0.5, 0.6) is 0 Å². The molecule has 1 fully saturated rings. The summed E-state index contributed by atoms with van der Waals surface area (Å²) in [6.45, 7) is 0.888. The number of alkyl halides is 3. The van der Waals surface area contributed by atoms with Crippen molar-refractivity contribution in [2.75, 3.05) is 13.1 Å². The molecule has 0 radical (unpaired) electrons. The highest BCUT2D eigenvalue weighted by molar-refractivity contribution is 5.77. The highest BCUT2D eigenvalue weighted by atomic mass is 19.4. The number of hydrogen-bond donors (Lipinski definition) is 1. The zero-order valence-electron chi connectivity index (χ0n) is 11.6. The third kappa shape index (κ3) is 4.20. The Morgan fingerprint density at radius 3 is 2.33 bits per heavy atom. The summed E-state index contributed by atoms with van der Waals surface area (Å²) in [5, 5.41) is 0. The summed E-state index contributed by atoms with van der Waals surface area (Å²) in [5.41, 5.74) is 5.87. The molecule has 2 N–H and O–H groups in total. The Labute approximate surface area is 121 Å². The first-order chi connectivity index (χ1) is 9.88. The number of carbonyl (C=O) groups is 1. The summed E-state index contributed by atoms with van der Waals surface area (Å²) in [5.74, 6) is -2.20. The van der Waals surface area contributed by atoms with E-state index in [1.165, 1.54) is 17.0 Å². The van der Waals surface area contributed by atoms with E-state index in [9.17, 15) is 18.0 Å². The van der Waals surface area contributed by atoms with Gasteiger partial charge in [-0.25, -0.2) is 0 Å². The molecule has 6 heteroatoms. The second-order valence-electron chi connectivity index (χ2n) is 5.43. The Hall–Kier alpha value is -1.56. The number of piperidine rings is 1. The summed E-state index contributed by atoms with van der Waals surface area (Å²) >= 11 is 0. The van der Waals surface area contributed by atoms with Crippen molar-refractivity contribution in [2.24, 2.45) is 5.73 Å². The van der Waals surface area contributed by atoms with Gasteiger partial charge in [-0.15, -0.1) is 0 Å². The average molecular weight is 300 g/mol. The zero-order valence-corrected chi connectivity index (χ0v) is 11.6. The molecule has 1 aromatic rings. The normalized spacial score (nSPS) is 18.6. The van der Waals surface area contributed by atoms with Crippen molar-refractivity contribution in [1.82, 2.24) is 4.90 Å². The van der Waals surface area contributed by atoms with E-state index in [0.717, 1.165) is 0 Å². The average Bonchev–Trinajstić information content (AvgIpc) is 2.45. The molecule has 0 aromatic heterocycles. The molecule has 1 heterocycles. The van der Waals surface area contributed by atoms with Crippen molar-refractivity contribution in [3.63, 3.8) is 0 Å². The van der Waals surface area contributed by atoms with Crippen molar-refractivity contribution >= 4 is 5.91 Å². The second kappa shape index (κ2) is 6.47. The fourth-order valence-corrected chi connectivity index (χ4v) is 2.56. The van der Waals surface area contributed by atoms with Crippen molar-refractivity contribution in [1.29, 1.82) is 0 Å². The number of hydrogen-bond acceptors (Lipinski definition) is 2. The minimum atomic E-state index is -4.43. The number of rotatable bonds is 3. The van der Waals surface area contributed by atoms with Gasteiger partial charge in [0, 0.05) is 25.6 Å². The van der Waals surface area contributed by atoms with Gasteiger partial charge in [0.15, 0.2) is 0 Å². The second-order valence-corrected chi connectivity index (χ2v) is 5.43. The maximum absolute atomic E-state index is 13.2. The van der Waals surface area contributed by atoms with Gasteiger partial charge in [-0.1, -0.05) is 30.3 Å². The quantitative estimate of drug-likeness (QED) is 0.933. The van der Waals surface area contributed by atoms with Crippen LogP contribution in [0.1, 0.15) is 30.7 Å². The molecule has 1 aliphatic heterocycles. The van der Waals surface area contributed by atoms with E-state index in [0.29, 0.717) is 25.9 Å². The topological polar surface area (TPSA) is 46.3 Å². The number of benzene rings is 1. The molecule has 0 aliphatic carbocycles. The Morgan fingerprint density at radius 2 is 1.81 bits per heavy atom. The first kappa shape index (κ1) is 15.8. The van der Waals surface area contributed by atoms with Gasteiger partial charge in [0.05, 0.1) is 5.92 Å². The molecule has 21 heavy (non-hydrogen) atoms. The van der Waals surface area contributed by atoms with E-state index >= 15 is 0 Å². The number of likely N-dealkylation sites (tertiary alicyclic amines) is 1. The minimum Gasteiger partial charge on any atom is -0.343 e. The molecule has 1 atom stereocenters. The lowest BCUT2D eigenvalue weighted by molar-refractivity contribution is -0.161. The van der Waals surface area contributed by atoms with E-state index in [4.69, 9.17) is 5.73 Å². The molecular formula is C15H19F3N2O. The monoisotopic (exact) mass is 300 g/mol. The van der Waals surface area contributed by atoms with Crippen LogP contribution in [0.2, 0.25) is 0 Å². The van der Waals surface area contributed by atoms with Crippen LogP contribution in [-0.4, -0.2) is 36.1 Å². The minimum absolute atomic E-state index is 0.0431. The van der Waals surface area contributed by atoms with Crippen molar-refractivity contribution < 1.29 is 18.0 Å². The SMILES string of the molecule is NC1CCN(C(=O)C[C@H](c2ccccc2)C(F)(F)F)CC1. The molecule has 1 saturated heterocycles. The number of carbonyl (C=O) groups excluding carboxylic acids is 1. The smallest absolute Gasteiger partial charge is 0.343 e. The molecule has 0 saturated carbocycles. The lowest BCUT2D eigenvalue weighted by Crippen LogP contribution is -2.43. The van der Waals surface area contributed by atoms with Crippen LogP contribution in [-0.2, 0) is 4.79 Å². The third-order valence-electron chi connectivity index (χ3n) is 3.87. The third-order valence-corrected chi connectivity index (χ3v) is 3.87. The predicted molar refractivity (Wildman–Crippen MR) is 73.6 cm³/mol. The molecule has 3 nitrogen and oxygen atoms in total. The molecule has 0 spiro atoms. The fourth-order valence-electron chi connectivity index (χ4n) is 2.56. The first-order valence-corrected chi connectivity index (χ1v) is 7.03. The van der Waals surface area contributed by atoms with Crippen LogP contribution in [0.15, 0.2) is 30.3 Å². The van der Waals surface area contributed by atoms with E-state index < -0.39 is 24.4 Å². The van der Waals surface area contributed by atoms with Gasteiger partial charge in [-0.2, -0.15) is 13.2 Å². The summed E-state index contributed by atoms with van der Waals surface area (Å²) < 4.78 is 39.6. The van der Waals surface area contributed by atoms with Gasteiger partial charge in [0.25, 0.3) is 0 Å². The largest absolute Gasteiger partial charge is 0.396 e. The number of amides is 1. The Balaban J connectivity index is 2.07. The van der Waals surface area contributed by atoms with E-state index in [1.807, 2.05) is 0 Å². The van der Waals surface area contributed by atoms with Gasteiger partial charge < -0.3 is 10.6 Å². The molecule has 1 amide bonds. The van der Waals surface area contributed by atoms with Crippen molar-refractivity contribution in [2.45, 2.75) is 37.4 Å². The Kier molecular flexibility index (Phi) is 4.88. The molecule has 2 rings (SSSR count). The van der Waals surface area contributed by atoms with Gasteiger partial charge in [-0.05, 0) is 18.4 Å². The highest BCUT2D eigenvalue weighted by Gasteiger charge is 2.42. The maximum atomic E-state index is 13.2. The number of halogens is 3. The van der Waals surface area contributed by atoms with Crippen LogP contribution < -0.4 is 5.73 Å². The standard InChI is InChI=1S/C15H19F3N2O/c16-15(17,18)13(11-4-2-1-3-5-11)10-14(21)20-8-6-12(19)7-9-20/h1-5,12-13H,6-10,19H2/t13-/m1/s1. The molecule has 0 bridgehead atoms. The van der Waals surface area contributed by atoms with Gasteiger partial charge in [0.2, 0.25) is 5.91 Å². The Bertz CT molecular complexity index is 468. The molecular weight excluding hydrogens is 281 g/mol. The van der Waals surface area contributed by atoms with Crippen LogP contribution in [0.25, 0.3) is 0 Å². The predicted octanol–water partition coefficient (Wildman–Crippen LogP) is 2.67. The van der Waals surface area contributed by atoms with E-state index in [2.05, 4.69) is 0 Å². The van der Waals surface area contributed by atoms with Gasteiger partial charge in [0.1, 0.15) is 0 Å². The first-order valence-electron chi connectivity index (χ1n) is 7.03. The van der Waals surface area contributed by atoms with Gasteiger partial charge in [-0.3, -0.25) is 4.79 Å². The van der Waals surface area contributed by atoms with Crippen LogP contribution >= 0.6 is 0 Å². The fraction of sp³-hybridized carbons (Fsp3) is 0.533. The lowest BCUT2D eigenvalue weighted by Gasteiger charge is -2.31. The van der Waals surface area contributed by atoms with Crippen LogP contribution in [0.3, 0.4) is 0 Å². The van der Waals surface area contributed by atoms with Crippen LogP contribution in [0, 0.1) is 0 Å². The summed E-state index contributed by atoms with van der Waals surface area (Å²) in [6.07, 6.45) is -3.67. The Morgan fingerprint density at radius 1 is 1.24 bits per heavy atom. The zero-order chi connectivity index (χ0) is 15.5. The summed E-state index contributed by atoms with van der Waals surface area (Å²) in [7, 11) is 0. The lowest BCUT2D eigenvalue weighted by atomic mass is 9.94. The molecule has 0 unspecified atom stereocenters. The maximum Gasteiger partial charge on any atom is 0.396 e. The van der Waals surface area contributed by atoms with Crippen molar-refractivity contribution in [3.8, 4) is 0 Å². The molecule has 1 aliphatic rings. The van der Waals surface area contributed by atoms with Gasteiger partial charge >= 0.3 is 6.18 Å². The van der Waals surface area contributed by atoms with Crippen molar-refractivity contribution in [3.05, 3.63) is 35.9 Å². The number of nitrogens with zero attached hydrogens (tertiary/aromatic N) is 1. The molecule has 1 aromatic carbocycles. The van der Waals surface area contributed by atoms with E-state index in [1.54, 1.807) is 18.2 Å². The van der Waals surface area contributed by atoms with E-state index in [-0.39, 0.29) is 11.6 Å². The summed E-state index contributed by atoms with van der Waals surface area (Å²) in [6, 6.07) is 7.64. The number of nitrogens with two attached hydrogens (primary N) is 1.